The highest BCUT2D eigenvalue weighted by Gasteiger charge is 2.60. The maximum atomic E-state index is 11.4. The number of carbonyl (C=O) groups is 1. The quantitative estimate of drug-likeness (QED) is 0.519. The van der Waals surface area contributed by atoms with Crippen molar-refractivity contribution in [2.75, 3.05) is 0 Å². The van der Waals surface area contributed by atoms with Gasteiger partial charge in [0, 0.05) is 11.9 Å². The largest absolute Gasteiger partial charge is 0.481 e. The van der Waals surface area contributed by atoms with Crippen LogP contribution in [0.1, 0.15) is 96.8 Å². The highest BCUT2D eigenvalue weighted by molar-refractivity contribution is 7.80. The van der Waals surface area contributed by atoms with Crippen LogP contribution >= 0.6 is 0 Å². The third kappa shape index (κ3) is 4.31. The summed E-state index contributed by atoms with van der Waals surface area (Å²) >= 11 is 0. The highest BCUT2D eigenvalue weighted by atomic mass is 32.3. The van der Waals surface area contributed by atoms with Crippen molar-refractivity contribution in [2.45, 2.75) is 97.4 Å². The van der Waals surface area contributed by atoms with E-state index in [9.17, 15) is 17.8 Å². The molecular formula is C24H40O6S. The molecule has 4 aliphatic rings. The Morgan fingerprint density at radius 1 is 1.13 bits per heavy atom. The maximum absolute atomic E-state index is 11.4. The van der Waals surface area contributed by atoms with Gasteiger partial charge in [-0.2, -0.15) is 8.42 Å². The van der Waals surface area contributed by atoms with Crippen LogP contribution in [0.15, 0.2) is 0 Å². The first-order chi connectivity index (χ1) is 15.9. The van der Waals surface area contributed by atoms with Gasteiger partial charge >= 0.3 is 16.4 Å². The molecule has 4 fully saturated rings. The van der Waals surface area contributed by atoms with Gasteiger partial charge in [0.25, 0.3) is 0 Å². The van der Waals surface area contributed by atoms with Crippen LogP contribution in [0.3, 0.4) is 0 Å². The third-order valence-corrected chi connectivity index (χ3v) is 10.1. The van der Waals surface area contributed by atoms with Crippen molar-refractivity contribution in [1.29, 1.82) is 0 Å². The SMILES string of the molecule is [2H]C1([2H])C[C@@]2(C)[C@H](CC[C@@H]3[C@@H]2CC[C@]2(C)[C@@H]([C@H](C)CCC(=O)O)CC[C@@H]32)C([2H])([2H])[C@@H]1OS(=O)(=O)O. The van der Waals surface area contributed by atoms with Crippen molar-refractivity contribution in [3.8, 4) is 0 Å². The Morgan fingerprint density at radius 3 is 2.52 bits per heavy atom. The van der Waals surface area contributed by atoms with Gasteiger partial charge in [0.05, 0.1) is 6.10 Å². The lowest BCUT2D eigenvalue weighted by Crippen LogP contribution is -2.54. The molecule has 0 aliphatic heterocycles. The van der Waals surface area contributed by atoms with Crippen LogP contribution in [-0.2, 0) is 19.4 Å². The van der Waals surface area contributed by atoms with Gasteiger partial charge in [0.2, 0.25) is 0 Å². The molecule has 4 saturated carbocycles. The Kier molecular flexibility index (Phi) is 5.00. The average molecular weight is 461 g/mol. The van der Waals surface area contributed by atoms with Crippen molar-refractivity contribution in [1.82, 2.24) is 0 Å². The van der Waals surface area contributed by atoms with Gasteiger partial charge in [0.1, 0.15) is 0 Å². The van der Waals surface area contributed by atoms with E-state index in [4.69, 9.17) is 10.6 Å². The molecule has 0 amide bonds. The van der Waals surface area contributed by atoms with Crippen LogP contribution in [0, 0.1) is 46.3 Å². The summed E-state index contributed by atoms with van der Waals surface area (Å²) in [5.41, 5.74) is -0.547. The van der Waals surface area contributed by atoms with Gasteiger partial charge in [0.15, 0.2) is 0 Å². The van der Waals surface area contributed by atoms with Crippen molar-refractivity contribution in [2.24, 2.45) is 46.3 Å². The summed E-state index contributed by atoms with van der Waals surface area (Å²) < 4.78 is 71.6. The van der Waals surface area contributed by atoms with Gasteiger partial charge in [-0.3, -0.25) is 9.35 Å². The molecule has 0 aromatic carbocycles. The number of aliphatic carboxylic acids is 1. The van der Waals surface area contributed by atoms with Crippen molar-refractivity contribution in [3.63, 3.8) is 0 Å². The van der Waals surface area contributed by atoms with Crippen LogP contribution in [-0.4, -0.2) is 30.2 Å². The molecule has 7 heteroatoms. The third-order valence-electron chi connectivity index (χ3n) is 9.68. The van der Waals surface area contributed by atoms with Crippen LogP contribution in [0.4, 0.5) is 0 Å². The van der Waals surface area contributed by atoms with Crippen molar-refractivity contribution in [3.05, 3.63) is 0 Å². The summed E-state index contributed by atoms with van der Waals surface area (Å²) in [5.74, 6) is 0.365. The Morgan fingerprint density at radius 2 is 1.84 bits per heavy atom. The molecule has 0 bridgehead atoms. The second kappa shape index (κ2) is 8.28. The first kappa shape index (κ1) is 18.7. The molecule has 178 valence electrons. The molecule has 0 saturated heterocycles. The number of hydrogen-bond acceptors (Lipinski definition) is 4. The number of carboxylic acid groups (broad SMARTS) is 1. The van der Waals surface area contributed by atoms with Gasteiger partial charge in [-0.25, -0.2) is 4.18 Å². The van der Waals surface area contributed by atoms with E-state index < -0.39 is 46.6 Å². The Balaban J connectivity index is 1.61. The molecule has 0 radical (unpaired) electrons. The molecule has 0 aromatic rings. The average Bonchev–Trinajstić information content (AvgIpc) is 3.05. The van der Waals surface area contributed by atoms with E-state index in [1.54, 1.807) is 0 Å². The first-order valence-corrected chi connectivity index (χ1v) is 13.2. The molecule has 9 atom stereocenters. The zero-order chi connectivity index (χ0) is 26.2. The molecule has 4 aliphatic carbocycles. The fourth-order valence-electron chi connectivity index (χ4n) is 8.25. The lowest BCUT2D eigenvalue weighted by atomic mass is 9.44. The minimum atomic E-state index is -5.01. The summed E-state index contributed by atoms with van der Waals surface area (Å²) in [5, 5.41) is 9.14. The molecule has 4 rings (SSSR count). The van der Waals surface area contributed by atoms with E-state index >= 15 is 0 Å². The van der Waals surface area contributed by atoms with E-state index in [1.807, 2.05) is 6.92 Å². The van der Waals surface area contributed by atoms with Gasteiger partial charge in [-0.05, 0) is 110 Å². The second-order valence-electron chi connectivity index (χ2n) is 11.1. The Labute approximate surface area is 193 Å². The molecule has 0 aromatic heterocycles. The molecule has 6 nitrogen and oxygen atoms in total. The predicted octanol–water partition coefficient (Wildman–Crippen LogP) is 5.33. The molecule has 0 heterocycles. The zero-order valence-electron chi connectivity index (χ0n) is 22.8. The fourth-order valence-corrected chi connectivity index (χ4v) is 8.62. The second-order valence-corrected chi connectivity index (χ2v) is 12.2. The van der Waals surface area contributed by atoms with E-state index in [2.05, 4.69) is 18.0 Å². The number of rotatable bonds is 6. The number of fused-ring (bicyclic) bond motifs is 5. The summed E-state index contributed by atoms with van der Waals surface area (Å²) in [7, 11) is -5.01. The van der Waals surface area contributed by atoms with E-state index in [1.165, 1.54) is 0 Å². The summed E-state index contributed by atoms with van der Waals surface area (Å²) in [6.45, 7) is 6.51. The number of carboxylic acids is 1. The highest BCUT2D eigenvalue weighted by Crippen LogP contribution is 2.68. The van der Waals surface area contributed by atoms with Gasteiger partial charge < -0.3 is 5.11 Å². The summed E-state index contributed by atoms with van der Waals surface area (Å²) in [4.78, 5) is 11.1. The molecule has 0 unspecified atom stereocenters. The standard InChI is InChI=1S/C24H40O6S/c1-15(4-9-22(25)26)19-7-8-20-18-6-5-16-14-17(30-31(27,28)29)10-12-23(16,2)21(18)11-13-24(19,20)3/h15-21H,4-14H2,1-3H3,(H,25,26)(H,27,28,29)/t15-,16-,17-,18+,19-,20+,21+,23+,24-/m1/s1/i10D2,14D2. The van der Waals surface area contributed by atoms with Crippen LogP contribution in [0.5, 0.6) is 0 Å². The van der Waals surface area contributed by atoms with Crippen LogP contribution in [0.25, 0.3) is 0 Å². The number of hydrogen-bond donors (Lipinski definition) is 2. The smallest absolute Gasteiger partial charge is 0.397 e. The lowest BCUT2D eigenvalue weighted by molar-refractivity contribution is -0.138. The normalized spacial score (nSPS) is 51.1. The summed E-state index contributed by atoms with van der Waals surface area (Å²) in [6, 6.07) is 0. The Bertz CT molecular complexity index is 958. The van der Waals surface area contributed by atoms with Crippen LogP contribution in [0.2, 0.25) is 0 Å². The summed E-state index contributed by atoms with van der Waals surface area (Å²) in [6.07, 6.45) is -0.256. The maximum Gasteiger partial charge on any atom is 0.397 e. The van der Waals surface area contributed by atoms with E-state index in [-0.39, 0.29) is 24.2 Å². The van der Waals surface area contributed by atoms with Crippen LogP contribution < -0.4 is 0 Å². The molecule has 31 heavy (non-hydrogen) atoms. The molecule has 2 N–H and O–H groups in total. The predicted molar refractivity (Wildman–Crippen MR) is 118 cm³/mol. The molecular weight excluding hydrogens is 416 g/mol. The fraction of sp³-hybridized carbons (Fsp3) is 0.958. The first-order valence-electron chi connectivity index (χ1n) is 13.8. The molecule has 0 spiro atoms. The minimum absolute atomic E-state index is 0.00654. The van der Waals surface area contributed by atoms with Crippen molar-refractivity contribution < 1.29 is 32.5 Å². The lowest BCUT2D eigenvalue weighted by Gasteiger charge is -2.61. The van der Waals surface area contributed by atoms with E-state index in [0.717, 1.165) is 32.1 Å². The Hall–Kier alpha value is -0.660. The minimum Gasteiger partial charge on any atom is -0.481 e. The van der Waals surface area contributed by atoms with Gasteiger partial charge in [-0.15, -0.1) is 0 Å². The van der Waals surface area contributed by atoms with Gasteiger partial charge in [-0.1, -0.05) is 20.8 Å². The monoisotopic (exact) mass is 460 g/mol. The topological polar surface area (TPSA) is 101 Å². The zero-order valence-corrected chi connectivity index (χ0v) is 19.7. The van der Waals surface area contributed by atoms with E-state index in [0.29, 0.717) is 36.5 Å². The van der Waals surface area contributed by atoms with Crippen molar-refractivity contribution >= 4 is 16.4 Å².